The molecule has 0 spiro atoms. The summed E-state index contributed by atoms with van der Waals surface area (Å²) in [5, 5.41) is 11.5. The molecule has 0 aromatic heterocycles. The van der Waals surface area contributed by atoms with Gasteiger partial charge in [0.05, 0.1) is 12.0 Å². The molecule has 2 aromatic carbocycles. The number of amides is 1. The summed E-state index contributed by atoms with van der Waals surface area (Å²) < 4.78 is 32.9. The topological polar surface area (TPSA) is 119 Å². The molecule has 2 aliphatic rings. The molecule has 35 heavy (non-hydrogen) atoms. The molecule has 4 rings (SSSR count). The molecular weight excluding hydrogens is 472 g/mol. The fraction of sp³-hybridized carbons (Fsp3) is 0.417. The Kier molecular flexibility index (Phi) is 7.29. The molecule has 2 N–H and O–H groups in total. The Morgan fingerprint density at radius 3 is 2.34 bits per heavy atom. The number of hydrogen-bond acceptors (Lipinski definition) is 8. The number of aliphatic carboxylic acids is 1. The Bertz CT molecular complexity index is 1180. The number of nitrogens with one attached hydrogen (secondary N) is 1. The van der Waals surface area contributed by atoms with Gasteiger partial charge >= 0.3 is 5.97 Å². The number of para-hydroxylation sites is 1. The minimum atomic E-state index is -4.18. The predicted molar refractivity (Wildman–Crippen MR) is 130 cm³/mol. The first-order valence-electron chi connectivity index (χ1n) is 11.4. The van der Waals surface area contributed by atoms with Gasteiger partial charge in [-0.25, -0.2) is 13.2 Å². The Labute approximate surface area is 205 Å². The van der Waals surface area contributed by atoms with E-state index in [-0.39, 0.29) is 18.0 Å². The molecule has 188 valence electrons. The number of methoxy groups -OCH3 is 1. The molecule has 0 aliphatic carbocycles. The van der Waals surface area contributed by atoms with E-state index in [4.69, 9.17) is 4.74 Å². The van der Waals surface area contributed by atoms with E-state index >= 15 is 0 Å². The number of fused-ring (bicyclic) bond motifs is 1. The average Bonchev–Trinajstić information content (AvgIpc) is 3.05. The van der Waals surface area contributed by atoms with Crippen molar-refractivity contribution in [3.05, 3.63) is 54.1 Å². The third-order valence-electron chi connectivity index (χ3n) is 6.55. The highest BCUT2D eigenvalue weighted by atomic mass is 32.2. The number of benzene rings is 2. The van der Waals surface area contributed by atoms with E-state index in [1.807, 2.05) is 19.2 Å². The number of hydrogen-bond donors (Lipinski definition) is 2. The number of carbonyl (C=O) groups is 2. The lowest BCUT2D eigenvalue weighted by Crippen LogP contribution is -2.60. The zero-order valence-electron chi connectivity index (χ0n) is 19.8. The minimum absolute atomic E-state index is 0.0126. The first-order chi connectivity index (χ1) is 16.7. The van der Waals surface area contributed by atoms with Gasteiger partial charge in [0.1, 0.15) is 11.8 Å². The Morgan fingerprint density at radius 2 is 1.71 bits per heavy atom. The van der Waals surface area contributed by atoms with Crippen molar-refractivity contribution < 1.29 is 27.9 Å². The van der Waals surface area contributed by atoms with Crippen LogP contribution in [0.3, 0.4) is 0 Å². The molecule has 10 nitrogen and oxygen atoms in total. The predicted octanol–water partition coefficient (Wildman–Crippen LogP) is 0.950. The van der Waals surface area contributed by atoms with Crippen molar-refractivity contribution in [2.75, 3.05) is 52.2 Å². The lowest BCUT2D eigenvalue weighted by atomic mass is 10.1. The van der Waals surface area contributed by atoms with Crippen molar-refractivity contribution in [1.29, 1.82) is 0 Å². The molecule has 0 radical (unpaired) electrons. The molecular formula is C24H30N4O6S. The summed E-state index contributed by atoms with van der Waals surface area (Å²) in [5.41, 5.74) is 1.45. The molecule has 0 saturated carbocycles. The zero-order valence-corrected chi connectivity index (χ0v) is 20.6. The van der Waals surface area contributed by atoms with Crippen molar-refractivity contribution in [1.82, 2.24) is 14.7 Å². The van der Waals surface area contributed by atoms with Gasteiger partial charge in [0.15, 0.2) is 5.37 Å². The van der Waals surface area contributed by atoms with Gasteiger partial charge in [-0.05, 0) is 42.9 Å². The van der Waals surface area contributed by atoms with Gasteiger partial charge in [-0.15, -0.1) is 0 Å². The molecule has 2 aliphatic heterocycles. The van der Waals surface area contributed by atoms with Crippen LogP contribution in [0.25, 0.3) is 0 Å². The van der Waals surface area contributed by atoms with Gasteiger partial charge in [-0.1, -0.05) is 18.2 Å². The lowest BCUT2D eigenvalue weighted by molar-refractivity contribution is -0.151. The Morgan fingerprint density at radius 1 is 1.06 bits per heavy atom. The normalized spacial score (nSPS) is 20.3. The van der Waals surface area contributed by atoms with E-state index in [0.717, 1.165) is 11.3 Å². The first-order valence-corrected chi connectivity index (χ1v) is 12.9. The Hall–Kier alpha value is -3.15. The highest BCUT2D eigenvalue weighted by molar-refractivity contribution is 7.92. The second-order valence-corrected chi connectivity index (χ2v) is 10.8. The molecule has 2 unspecified atom stereocenters. The number of sulfone groups is 1. The number of rotatable bonds is 6. The second-order valence-electron chi connectivity index (χ2n) is 8.77. The van der Waals surface area contributed by atoms with Crippen molar-refractivity contribution in [3.63, 3.8) is 0 Å². The summed E-state index contributed by atoms with van der Waals surface area (Å²) in [7, 11) is -0.765. The van der Waals surface area contributed by atoms with E-state index in [0.29, 0.717) is 31.9 Å². The highest BCUT2D eigenvalue weighted by Crippen LogP contribution is 2.28. The van der Waals surface area contributed by atoms with Crippen LogP contribution in [0.5, 0.6) is 5.75 Å². The smallest absolute Gasteiger partial charge is 0.328 e. The molecule has 2 aromatic rings. The summed E-state index contributed by atoms with van der Waals surface area (Å²) in [5.74, 6) is -1.44. The third kappa shape index (κ3) is 5.12. The second kappa shape index (κ2) is 10.2. The quantitative estimate of drug-likeness (QED) is 0.595. The van der Waals surface area contributed by atoms with Crippen LogP contribution in [0.4, 0.5) is 5.69 Å². The molecule has 2 heterocycles. The third-order valence-corrected chi connectivity index (χ3v) is 8.57. The zero-order chi connectivity index (χ0) is 25.2. The van der Waals surface area contributed by atoms with Gasteiger partial charge < -0.3 is 25.0 Å². The summed E-state index contributed by atoms with van der Waals surface area (Å²) in [4.78, 5) is 31.1. The number of nitrogens with zero attached hydrogens (tertiary/aromatic N) is 3. The lowest BCUT2D eigenvalue weighted by Gasteiger charge is -2.39. The van der Waals surface area contributed by atoms with Crippen LogP contribution in [-0.4, -0.2) is 98.4 Å². The van der Waals surface area contributed by atoms with Crippen molar-refractivity contribution in [2.24, 2.45) is 0 Å². The summed E-state index contributed by atoms with van der Waals surface area (Å²) in [6.07, 6.45) is 0. The van der Waals surface area contributed by atoms with Crippen LogP contribution in [0.2, 0.25) is 0 Å². The number of carbonyl (C=O) groups excluding carboxylic acids is 1. The maximum absolute atomic E-state index is 14.1. The molecule has 2 atom stereocenters. The monoisotopic (exact) mass is 502 g/mol. The van der Waals surface area contributed by atoms with Gasteiger partial charge in [0, 0.05) is 45.0 Å². The largest absolute Gasteiger partial charge is 0.497 e. The molecule has 11 heteroatoms. The van der Waals surface area contributed by atoms with Crippen LogP contribution in [0.15, 0.2) is 53.4 Å². The fourth-order valence-corrected chi connectivity index (χ4v) is 6.25. The van der Waals surface area contributed by atoms with Gasteiger partial charge in [0.25, 0.3) is 5.91 Å². The highest BCUT2D eigenvalue weighted by Gasteiger charge is 2.45. The van der Waals surface area contributed by atoms with E-state index in [1.54, 1.807) is 17.0 Å². The van der Waals surface area contributed by atoms with E-state index in [1.165, 1.54) is 36.3 Å². The molecule has 1 saturated heterocycles. The standard InChI is InChI=1S/C24H30N4O6S/c1-26-11-13-27(14-12-26)23(35(32,33)19-9-7-18(34-2)8-10-19)22(29)28-16-17-5-3-4-6-20(17)25-15-21(28)24(30)31/h3-10,21,23,25H,11-16H2,1-2H3,(H,30,31). The Balaban J connectivity index is 1.76. The van der Waals surface area contributed by atoms with E-state index < -0.39 is 33.1 Å². The average molecular weight is 503 g/mol. The SMILES string of the molecule is COc1ccc(S(=O)(=O)C(C(=O)N2Cc3ccccc3NCC2C(=O)O)N2CCN(C)CC2)cc1. The number of carboxylic acids is 1. The number of ether oxygens (including phenoxy) is 1. The van der Waals surface area contributed by atoms with Crippen LogP contribution >= 0.6 is 0 Å². The van der Waals surface area contributed by atoms with Crippen molar-refractivity contribution in [3.8, 4) is 5.75 Å². The van der Waals surface area contributed by atoms with Crippen LogP contribution in [-0.2, 0) is 26.0 Å². The van der Waals surface area contributed by atoms with Crippen LogP contribution in [0, 0.1) is 0 Å². The van der Waals surface area contributed by atoms with Gasteiger partial charge in [-0.3, -0.25) is 9.69 Å². The summed E-state index contributed by atoms with van der Waals surface area (Å²) >= 11 is 0. The molecule has 0 bridgehead atoms. The minimum Gasteiger partial charge on any atom is -0.497 e. The van der Waals surface area contributed by atoms with E-state index in [9.17, 15) is 23.1 Å². The fourth-order valence-electron chi connectivity index (χ4n) is 4.47. The number of likely N-dealkylation sites (N-methyl/N-ethyl adjacent to an activating group) is 1. The first kappa shape index (κ1) is 25.0. The van der Waals surface area contributed by atoms with Crippen molar-refractivity contribution in [2.45, 2.75) is 22.9 Å². The van der Waals surface area contributed by atoms with Gasteiger partial charge in [-0.2, -0.15) is 0 Å². The number of piperazine rings is 1. The molecule has 1 fully saturated rings. The number of carboxylic acid groups (broad SMARTS) is 1. The van der Waals surface area contributed by atoms with Gasteiger partial charge in [0.2, 0.25) is 9.84 Å². The van der Waals surface area contributed by atoms with Crippen LogP contribution in [0.1, 0.15) is 5.56 Å². The van der Waals surface area contributed by atoms with Crippen LogP contribution < -0.4 is 10.1 Å². The maximum Gasteiger partial charge on any atom is 0.328 e. The van der Waals surface area contributed by atoms with E-state index in [2.05, 4.69) is 10.2 Å². The maximum atomic E-state index is 14.1. The van der Waals surface area contributed by atoms with Crippen molar-refractivity contribution >= 4 is 27.4 Å². The number of anilines is 1. The summed E-state index contributed by atoms with van der Waals surface area (Å²) in [6.45, 7) is 1.87. The molecule has 1 amide bonds. The summed E-state index contributed by atoms with van der Waals surface area (Å²) in [6, 6.07) is 11.9.